The second-order valence-corrected chi connectivity index (χ2v) is 9.12. The molecule has 30 heavy (non-hydrogen) atoms. The van der Waals surface area contributed by atoms with Crippen molar-refractivity contribution in [3.05, 3.63) is 70.8 Å². The van der Waals surface area contributed by atoms with Gasteiger partial charge < -0.3 is 5.32 Å². The molecule has 0 amide bonds. The van der Waals surface area contributed by atoms with Crippen LogP contribution in [0.25, 0.3) is 0 Å². The first-order valence-electron chi connectivity index (χ1n) is 11.4. The van der Waals surface area contributed by atoms with Crippen molar-refractivity contribution >= 4 is 11.6 Å². The molecule has 0 aromatic heterocycles. The molecule has 2 fully saturated rings. The van der Waals surface area contributed by atoms with Gasteiger partial charge in [0.1, 0.15) is 0 Å². The number of rotatable bonds is 5. The van der Waals surface area contributed by atoms with Crippen molar-refractivity contribution < 1.29 is 9.59 Å². The molecule has 0 spiro atoms. The minimum absolute atomic E-state index is 0.218. The normalized spacial score (nSPS) is 25.1. The zero-order valence-electron chi connectivity index (χ0n) is 17.5. The smallest absolute Gasteiger partial charge is 0.217 e. The van der Waals surface area contributed by atoms with Crippen LogP contribution < -0.4 is 5.32 Å². The Hall–Kier alpha value is -2.30. The van der Waals surface area contributed by atoms with Crippen LogP contribution in [0.5, 0.6) is 0 Å². The van der Waals surface area contributed by atoms with Crippen molar-refractivity contribution in [2.24, 2.45) is 0 Å². The van der Waals surface area contributed by atoms with Gasteiger partial charge in [0.2, 0.25) is 11.6 Å². The average Bonchev–Trinajstić information content (AvgIpc) is 2.80. The molecule has 156 valence electrons. The van der Waals surface area contributed by atoms with Gasteiger partial charge in [0.15, 0.2) is 0 Å². The van der Waals surface area contributed by atoms with Crippen molar-refractivity contribution in [1.29, 1.82) is 0 Å². The molecule has 1 saturated heterocycles. The third kappa shape index (κ3) is 3.86. The quantitative estimate of drug-likeness (QED) is 0.779. The third-order valence-corrected chi connectivity index (χ3v) is 7.12. The van der Waals surface area contributed by atoms with Gasteiger partial charge in [-0.2, -0.15) is 0 Å². The summed E-state index contributed by atoms with van der Waals surface area (Å²) >= 11 is 0. The Bertz CT molecular complexity index is 931. The number of hydrogen-bond donors (Lipinski definition) is 1. The zero-order valence-corrected chi connectivity index (χ0v) is 17.5. The van der Waals surface area contributed by atoms with E-state index in [1.165, 1.54) is 29.5 Å². The number of carbonyl (C=O) groups excluding carboxylic acids is 2. The molecule has 1 aliphatic heterocycles. The van der Waals surface area contributed by atoms with Gasteiger partial charge in [-0.25, -0.2) is 0 Å². The van der Waals surface area contributed by atoms with E-state index in [0.29, 0.717) is 6.04 Å². The van der Waals surface area contributed by atoms with Gasteiger partial charge in [-0.15, -0.1) is 0 Å². The highest BCUT2D eigenvalue weighted by molar-refractivity contribution is 6.49. The highest BCUT2D eigenvalue weighted by Crippen LogP contribution is 2.34. The Morgan fingerprint density at radius 2 is 1.60 bits per heavy atom. The number of nitrogens with zero attached hydrogens (tertiary/aromatic N) is 1. The summed E-state index contributed by atoms with van der Waals surface area (Å²) in [5.41, 5.74) is 5.16. The highest BCUT2D eigenvalue weighted by Gasteiger charge is 2.50. The third-order valence-electron chi connectivity index (χ3n) is 7.12. The molecule has 5 rings (SSSR count). The fraction of sp³-hybridized carbons (Fsp3) is 0.462. The summed E-state index contributed by atoms with van der Waals surface area (Å²) in [4.78, 5) is 27.3. The molecule has 0 radical (unpaired) electrons. The van der Waals surface area contributed by atoms with Crippen LogP contribution in [0, 0.1) is 0 Å². The van der Waals surface area contributed by atoms with E-state index >= 15 is 0 Å². The molecular formula is C26H30N2O2. The second kappa shape index (κ2) is 8.44. The van der Waals surface area contributed by atoms with E-state index in [-0.39, 0.29) is 23.5 Å². The highest BCUT2D eigenvalue weighted by atomic mass is 16.2. The predicted molar refractivity (Wildman–Crippen MR) is 118 cm³/mol. The molecule has 1 saturated carbocycles. The number of ketones is 2. The van der Waals surface area contributed by atoms with Crippen LogP contribution in [0.4, 0.5) is 0 Å². The van der Waals surface area contributed by atoms with Crippen LogP contribution in [0.1, 0.15) is 53.9 Å². The van der Waals surface area contributed by atoms with E-state index in [1.807, 2.05) is 0 Å². The number of piperidine rings is 1. The molecule has 1 heterocycles. The first kappa shape index (κ1) is 19.7. The number of hydrogen-bond acceptors (Lipinski definition) is 4. The lowest BCUT2D eigenvalue weighted by Crippen LogP contribution is -2.61. The molecule has 2 atom stereocenters. The van der Waals surface area contributed by atoms with E-state index in [2.05, 4.69) is 58.7 Å². The van der Waals surface area contributed by atoms with Crippen molar-refractivity contribution in [1.82, 2.24) is 10.2 Å². The Morgan fingerprint density at radius 1 is 0.867 bits per heavy atom. The maximum absolute atomic E-state index is 12.4. The van der Waals surface area contributed by atoms with Crippen molar-refractivity contribution in [3.63, 3.8) is 0 Å². The standard InChI is InChI=1S/C26H30N2O2/c29-25-23(21-11-10-19-8-4-5-9-20(19)16-21)24(26(25)30)27-22-12-14-28(15-13-22)17-18-6-2-1-3-7-18/h1-3,6-7,10-11,16,22-24,27H,4-5,8-9,12-15,17H2. The van der Waals surface area contributed by atoms with E-state index < -0.39 is 0 Å². The summed E-state index contributed by atoms with van der Waals surface area (Å²) in [6, 6.07) is 17.0. The minimum atomic E-state index is -0.343. The van der Waals surface area contributed by atoms with E-state index in [0.717, 1.165) is 50.9 Å². The topological polar surface area (TPSA) is 49.4 Å². The molecule has 4 nitrogen and oxygen atoms in total. The monoisotopic (exact) mass is 402 g/mol. The van der Waals surface area contributed by atoms with Gasteiger partial charge in [-0.1, -0.05) is 48.5 Å². The fourth-order valence-electron chi connectivity index (χ4n) is 5.33. The molecule has 2 aliphatic carbocycles. The minimum Gasteiger partial charge on any atom is -0.303 e. The van der Waals surface area contributed by atoms with Crippen LogP contribution in [-0.2, 0) is 29.0 Å². The van der Waals surface area contributed by atoms with Crippen LogP contribution in [-0.4, -0.2) is 41.6 Å². The van der Waals surface area contributed by atoms with E-state index in [1.54, 1.807) is 0 Å². The first-order valence-corrected chi connectivity index (χ1v) is 11.4. The van der Waals surface area contributed by atoms with Crippen LogP contribution in [0.2, 0.25) is 0 Å². The number of likely N-dealkylation sites (tertiary alicyclic amines) is 1. The summed E-state index contributed by atoms with van der Waals surface area (Å²) in [7, 11) is 0. The van der Waals surface area contributed by atoms with Crippen LogP contribution >= 0.6 is 0 Å². The SMILES string of the molecule is O=C1C(=O)C(c2ccc3c(c2)CCCC3)C1NC1CCN(Cc2ccccc2)CC1. The van der Waals surface area contributed by atoms with Crippen LogP contribution in [0.15, 0.2) is 48.5 Å². The molecule has 4 heteroatoms. The summed E-state index contributed by atoms with van der Waals surface area (Å²) in [5.74, 6) is -0.749. The molecule has 0 bridgehead atoms. The molecule has 1 N–H and O–H groups in total. The number of fused-ring (bicyclic) bond motifs is 1. The Labute approximate surface area is 178 Å². The van der Waals surface area contributed by atoms with Gasteiger partial charge in [0.25, 0.3) is 0 Å². The summed E-state index contributed by atoms with van der Waals surface area (Å²) in [5, 5.41) is 3.55. The van der Waals surface area contributed by atoms with Gasteiger partial charge >= 0.3 is 0 Å². The lowest BCUT2D eigenvalue weighted by Gasteiger charge is -2.40. The van der Waals surface area contributed by atoms with Gasteiger partial charge in [0.05, 0.1) is 12.0 Å². The van der Waals surface area contributed by atoms with E-state index in [4.69, 9.17) is 0 Å². The van der Waals surface area contributed by atoms with Gasteiger partial charge in [0, 0.05) is 12.6 Å². The Morgan fingerprint density at radius 3 is 2.37 bits per heavy atom. The summed E-state index contributed by atoms with van der Waals surface area (Å²) < 4.78 is 0. The largest absolute Gasteiger partial charge is 0.303 e. The maximum Gasteiger partial charge on any atom is 0.217 e. The van der Waals surface area contributed by atoms with Crippen molar-refractivity contribution in [2.45, 2.75) is 63.1 Å². The Balaban J connectivity index is 1.20. The Kier molecular flexibility index (Phi) is 5.53. The number of Topliss-reactive ketones (excluding diaryl/α,β-unsaturated/α-hetero) is 2. The first-order chi connectivity index (χ1) is 14.7. The predicted octanol–water partition coefficient (Wildman–Crippen LogP) is 3.42. The van der Waals surface area contributed by atoms with Gasteiger partial charge in [-0.3, -0.25) is 14.5 Å². The molecule has 2 unspecified atom stereocenters. The molecular weight excluding hydrogens is 372 g/mol. The zero-order chi connectivity index (χ0) is 20.5. The van der Waals surface area contributed by atoms with Crippen molar-refractivity contribution in [3.8, 4) is 0 Å². The number of benzene rings is 2. The molecule has 2 aromatic rings. The van der Waals surface area contributed by atoms with E-state index in [9.17, 15) is 9.59 Å². The fourth-order valence-corrected chi connectivity index (χ4v) is 5.33. The average molecular weight is 403 g/mol. The maximum atomic E-state index is 12.4. The lowest BCUT2D eigenvalue weighted by atomic mass is 9.71. The lowest BCUT2D eigenvalue weighted by molar-refractivity contribution is -0.147. The number of carbonyl (C=O) groups is 2. The second-order valence-electron chi connectivity index (χ2n) is 9.12. The number of nitrogens with one attached hydrogen (secondary N) is 1. The summed E-state index contributed by atoms with van der Waals surface area (Å²) in [6.45, 7) is 3.02. The number of aryl methyl sites for hydroxylation is 2. The summed E-state index contributed by atoms with van der Waals surface area (Å²) in [6.07, 6.45) is 6.73. The van der Waals surface area contributed by atoms with Crippen molar-refractivity contribution in [2.75, 3.05) is 13.1 Å². The van der Waals surface area contributed by atoms with Gasteiger partial charge in [-0.05, 0) is 73.9 Å². The molecule has 3 aliphatic rings. The molecule has 2 aromatic carbocycles. The van der Waals surface area contributed by atoms with Crippen LogP contribution in [0.3, 0.4) is 0 Å².